The van der Waals surface area contributed by atoms with E-state index in [1.54, 1.807) is 6.07 Å². The lowest BCUT2D eigenvalue weighted by Crippen LogP contribution is -2.17. The standard InChI is InChI=1S/C11H11F3N4O2/c12-11(13,14)20-8-4-2-1-3-7(8)16-10-18-17-9(19-10)5-6-15/h1-4H,5-6,15H2,(H,16,18). The second kappa shape index (κ2) is 5.78. The maximum Gasteiger partial charge on any atom is 0.573 e. The molecule has 1 heterocycles. The van der Waals surface area contributed by atoms with Crippen LogP contribution < -0.4 is 15.8 Å². The number of hydrogen-bond donors (Lipinski definition) is 2. The maximum atomic E-state index is 12.2. The molecule has 2 aromatic rings. The molecular formula is C11H11F3N4O2. The molecule has 0 amide bonds. The molecule has 0 atom stereocenters. The molecule has 1 aromatic carbocycles. The van der Waals surface area contributed by atoms with E-state index in [0.29, 0.717) is 18.9 Å². The van der Waals surface area contributed by atoms with Crippen LogP contribution in [0.4, 0.5) is 24.9 Å². The van der Waals surface area contributed by atoms with Gasteiger partial charge in [0.1, 0.15) is 0 Å². The number of nitrogens with two attached hydrogens (primary N) is 1. The molecule has 0 aliphatic heterocycles. The van der Waals surface area contributed by atoms with Crippen LogP contribution in [-0.4, -0.2) is 23.1 Å². The fourth-order valence-electron chi connectivity index (χ4n) is 1.43. The summed E-state index contributed by atoms with van der Waals surface area (Å²) < 4.78 is 45.8. The van der Waals surface area contributed by atoms with Gasteiger partial charge in [0.2, 0.25) is 5.89 Å². The van der Waals surface area contributed by atoms with Crippen LogP contribution in [0.1, 0.15) is 5.89 Å². The Morgan fingerprint density at radius 3 is 2.70 bits per heavy atom. The highest BCUT2D eigenvalue weighted by atomic mass is 19.4. The van der Waals surface area contributed by atoms with Crippen molar-refractivity contribution in [1.29, 1.82) is 0 Å². The van der Waals surface area contributed by atoms with Crippen molar-refractivity contribution in [2.45, 2.75) is 12.8 Å². The molecule has 9 heteroatoms. The van der Waals surface area contributed by atoms with E-state index < -0.39 is 12.1 Å². The molecule has 0 aliphatic rings. The van der Waals surface area contributed by atoms with E-state index in [1.165, 1.54) is 18.2 Å². The number of para-hydroxylation sites is 2. The molecular weight excluding hydrogens is 277 g/mol. The predicted octanol–water partition coefficient (Wildman–Crippen LogP) is 2.21. The first-order valence-electron chi connectivity index (χ1n) is 5.62. The molecule has 0 bridgehead atoms. The van der Waals surface area contributed by atoms with E-state index in [0.717, 1.165) is 0 Å². The molecule has 3 N–H and O–H groups in total. The second-order valence-corrected chi connectivity index (χ2v) is 3.71. The highest BCUT2D eigenvalue weighted by molar-refractivity contribution is 5.61. The van der Waals surface area contributed by atoms with Crippen molar-refractivity contribution in [1.82, 2.24) is 10.2 Å². The Labute approximate surface area is 111 Å². The highest BCUT2D eigenvalue weighted by Gasteiger charge is 2.32. The van der Waals surface area contributed by atoms with Crippen LogP contribution in [0.15, 0.2) is 28.7 Å². The van der Waals surface area contributed by atoms with E-state index in [9.17, 15) is 13.2 Å². The van der Waals surface area contributed by atoms with E-state index in [2.05, 4.69) is 20.3 Å². The summed E-state index contributed by atoms with van der Waals surface area (Å²) in [4.78, 5) is 0. The Bertz CT molecular complexity index is 571. The zero-order valence-electron chi connectivity index (χ0n) is 10.1. The molecule has 20 heavy (non-hydrogen) atoms. The number of alkyl halides is 3. The third kappa shape index (κ3) is 3.85. The molecule has 0 aliphatic carbocycles. The Morgan fingerprint density at radius 1 is 1.25 bits per heavy atom. The van der Waals surface area contributed by atoms with Crippen LogP contribution in [0.5, 0.6) is 5.75 Å². The molecule has 0 saturated carbocycles. The van der Waals surface area contributed by atoms with Crippen LogP contribution in [0, 0.1) is 0 Å². The number of aromatic nitrogens is 2. The summed E-state index contributed by atoms with van der Waals surface area (Å²) in [6, 6.07) is 5.50. The van der Waals surface area contributed by atoms with Crippen molar-refractivity contribution in [3.05, 3.63) is 30.2 Å². The molecule has 0 fully saturated rings. The fourth-order valence-corrected chi connectivity index (χ4v) is 1.43. The maximum absolute atomic E-state index is 12.2. The Balaban J connectivity index is 2.15. The smallest absolute Gasteiger partial charge is 0.408 e. The lowest BCUT2D eigenvalue weighted by atomic mass is 10.3. The largest absolute Gasteiger partial charge is 0.573 e. The summed E-state index contributed by atoms with van der Waals surface area (Å²) in [6.07, 6.45) is -4.40. The monoisotopic (exact) mass is 288 g/mol. The third-order valence-corrected chi connectivity index (χ3v) is 2.18. The van der Waals surface area contributed by atoms with E-state index in [4.69, 9.17) is 10.2 Å². The van der Waals surface area contributed by atoms with Crippen molar-refractivity contribution in [2.75, 3.05) is 11.9 Å². The molecule has 0 saturated heterocycles. The fraction of sp³-hybridized carbons (Fsp3) is 0.273. The average molecular weight is 288 g/mol. The molecule has 6 nitrogen and oxygen atoms in total. The lowest BCUT2D eigenvalue weighted by molar-refractivity contribution is -0.274. The first-order valence-corrected chi connectivity index (χ1v) is 5.62. The quantitative estimate of drug-likeness (QED) is 0.877. The Hall–Kier alpha value is -2.29. The van der Waals surface area contributed by atoms with Gasteiger partial charge in [-0.1, -0.05) is 17.2 Å². The minimum Gasteiger partial charge on any atom is -0.408 e. The zero-order chi connectivity index (χ0) is 14.6. The minimum absolute atomic E-state index is 0.0355. The third-order valence-electron chi connectivity index (χ3n) is 2.18. The summed E-state index contributed by atoms with van der Waals surface area (Å²) in [5, 5.41) is 9.90. The van der Waals surface area contributed by atoms with Gasteiger partial charge in [-0.25, -0.2) is 0 Å². The minimum atomic E-state index is -4.78. The summed E-state index contributed by atoms with van der Waals surface area (Å²) in [6.45, 7) is 0.329. The highest BCUT2D eigenvalue weighted by Crippen LogP contribution is 2.31. The van der Waals surface area contributed by atoms with Gasteiger partial charge >= 0.3 is 12.4 Å². The number of ether oxygens (including phenoxy) is 1. The van der Waals surface area contributed by atoms with Crippen LogP contribution in [0.25, 0.3) is 0 Å². The first kappa shape index (κ1) is 14.1. The lowest BCUT2D eigenvalue weighted by Gasteiger charge is -2.12. The van der Waals surface area contributed by atoms with Crippen LogP contribution in [0.3, 0.4) is 0 Å². The predicted molar refractivity (Wildman–Crippen MR) is 63.5 cm³/mol. The second-order valence-electron chi connectivity index (χ2n) is 3.71. The molecule has 0 unspecified atom stereocenters. The summed E-state index contributed by atoms with van der Waals surface area (Å²) in [5.41, 5.74) is 5.39. The average Bonchev–Trinajstić information content (AvgIpc) is 2.78. The van der Waals surface area contributed by atoms with Crippen LogP contribution in [0.2, 0.25) is 0 Å². The van der Waals surface area contributed by atoms with Gasteiger partial charge in [0.05, 0.1) is 5.69 Å². The molecule has 2 rings (SSSR count). The van der Waals surface area contributed by atoms with Gasteiger partial charge in [-0.15, -0.1) is 18.3 Å². The van der Waals surface area contributed by atoms with E-state index in [-0.39, 0.29) is 11.7 Å². The van der Waals surface area contributed by atoms with E-state index in [1.807, 2.05) is 0 Å². The van der Waals surface area contributed by atoms with Crippen molar-refractivity contribution in [2.24, 2.45) is 5.73 Å². The number of rotatable bonds is 5. The van der Waals surface area contributed by atoms with Gasteiger partial charge < -0.3 is 20.2 Å². The molecule has 1 aromatic heterocycles. The normalized spacial score (nSPS) is 11.4. The van der Waals surface area contributed by atoms with Crippen molar-refractivity contribution in [3.63, 3.8) is 0 Å². The number of anilines is 2. The van der Waals surface area contributed by atoms with Gasteiger partial charge in [-0.2, -0.15) is 0 Å². The van der Waals surface area contributed by atoms with Crippen molar-refractivity contribution >= 4 is 11.7 Å². The molecule has 0 radical (unpaired) electrons. The summed E-state index contributed by atoms with van der Waals surface area (Å²) >= 11 is 0. The van der Waals surface area contributed by atoms with Gasteiger partial charge in [-0.3, -0.25) is 0 Å². The van der Waals surface area contributed by atoms with E-state index >= 15 is 0 Å². The number of hydrogen-bond acceptors (Lipinski definition) is 6. The topological polar surface area (TPSA) is 86.2 Å². The van der Waals surface area contributed by atoms with Gasteiger partial charge in [0, 0.05) is 13.0 Å². The van der Waals surface area contributed by atoms with Gasteiger partial charge in [-0.05, 0) is 12.1 Å². The number of benzene rings is 1. The SMILES string of the molecule is NCCc1nnc(Nc2ccccc2OC(F)(F)F)o1. The first-order chi connectivity index (χ1) is 9.48. The van der Waals surface area contributed by atoms with Crippen LogP contribution >= 0.6 is 0 Å². The van der Waals surface area contributed by atoms with Crippen molar-refractivity contribution < 1.29 is 22.3 Å². The molecule has 108 valence electrons. The van der Waals surface area contributed by atoms with Gasteiger partial charge in [0.15, 0.2) is 5.75 Å². The number of nitrogens with zero attached hydrogens (tertiary/aromatic N) is 2. The Kier molecular flexibility index (Phi) is 4.08. The Morgan fingerprint density at radius 2 is 2.00 bits per heavy atom. The van der Waals surface area contributed by atoms with Gasteiger partial charge in [0.25, 0.3) is 0 Å². The number of nitrogens with one attached hydrogen (secondary N) is 1. The number of halogens is 3. The van der Waals surface area contributed by atoms with Crippen molar-refractivity contribution in [3.8, 4) is 5.75 Å². The summed E-state index contributed by atoms with van der Waals surface area (Å²) in [5.74, 6) is -0.0946. The molecule has 0 spiro atoms. The zero-order valence-corrected chi connectivity index (χ0v) is 10.1. The summed E-state index contributed by atoms with van der Waals surface area (Å²) in [7, 11) is 0. The van der Waals surface area contributed by atoms with Crippen LogP contribution in [-0.2, 0) is 6.42 Å².